The molecule has 8 N–H and O–H groups in total. The van der Waals surface area contributed by atoms with Gasteiger partial charge in [0.05, 0.1) is 174 Å². The second-order valence-electron chi connectivity index (χ2n) is 27.5. The first-order valence-electron chi connectivity index (χ1n) is 36.5. The summed E-state index contributed by atoms with van der Waals surface area (Å²) < 4.78 is 82.4. The highest BCUT2D eigenvalue weighted by Gasteiger charge is 2.32. The van der Waals surface area contributed by atoms with Crippen molar-refractivity contribution in [2.24, 2.45) is 0 Å². The minimum absolute atomic E-state index is 0.0140. The molecule has 32 heteroatoms. The van der Waals surface area contributed by atoms with Gasteiger partial charge in [0.2, 0.25) is 23.6 Å². The number of methoxy groups -OCH3 is 2. The van der Waals surface area contributed by atoms with E-state index in [1.807, 2.05) is 46.9 Å². The van der Waals surface area contributed by atoms with Crippen molar-refractivity contribution in [1.82, 2.24) is 79.0 Å². The zero-order valence-electron chi connectivity index (χ0n) is 63.1. The first-order chi connectivity index (χ1) is 54.9. The van der Waals surface area contributed by atoms with Crippen molar-refractivity contribution in [3.8, 4) is 44.3 Å². The fourth-order valence-electron chi connectivity index (χ4n) is 13.2. The summed E-state index contributed by atoms with van der Waals surface area (Å²) in [6.07, 6.45) is 8.37. The quantitative estimate of drug-likeness (QED) is 0.0546. The molecular formula is C82H81F5N20O6S. The van der Waals surface area contributed by atoms with Crippen LogP contribution in [0.3, 0.4) is 0 Å². The van der Waals surface area contributed by atoms with Crippen LogP contribution in [-0.2, 0) is 126 Å². The van der Waals surface area contributed by atoms with E-state index in [0.29, 0.717) is 153 Å². The molecule has 0 atom stereocenters. The normalized spacial score (nSPS) is 13.0. The lowest BCUT2D eigenvalue weighted by Crippen LogP contribution is -2.28. The van der Waals surface area contributed by atoms with Crippen LogP contribution in [0.5, 0.6) is 0 Å². The van der Waals surface area contributed by atoms with Crippen LogP contribution >= 0.6 is 11.3 Å². The maximum Gasteiger partial charge on any atom is 0.229 e. The van der Waals surface area contributed by atoms with Crippen LogP contribution in [0.1, 0.15) is 91.3 Å². The Labute approximate surface area is 656 Å². The number of hydrogen-bond acceptors (Lipinski definition) is 21. The number of aromatic nitrogens is 12. The highest BCUT2D eigenvalue weighted by atomic mass is 32.1. The van der Waals surface area contributed by atoms with Gasteiger partial charge < -0.3 is 52.0 Å². The van der Waals surface area contributed by atoms with Gasteiger partial charge in [0.1, 0.15) is 40.7 Å². The molecular weight excluding hydrogens is 1490 g/mol. The number of benzene rings is 3. The number of pyridine rings is 4. The SMILES string of the molecule is CCc1ncc2c(n1)CN(C(=O)Cc1nc(-c3ccc(F)cc3F)ccc1N)C2.COCCn1cc2c(n1)CN(C(=O)Cc1nc(-c3ccc(C)s3)ccc1N)C2.COCCn1cc2c(n1)CN(C(=O)Cc1nc(-c3ccccc3F)ccc1N)C2.Cc1ncc2c(n1)CN(C(=O)Cc1nc(-c3ccc(F)cc3F)ccc1N)C2. The van der Waals surface area contributed by atoms with Gasteiger partial charge in [-0.1, -0.05) is 19.1 Å². The molecule has 3 aromatic carbocycles. The van der Waals surface area contributed by atoms with Gasteiger partial charge in [-0.2, -0.15) is 10.2 Å². The number of fused-ring (bicyclic) bond motifs is 4. The van der Waals surface area contributed by atoms with E-state index in [4.69, 9.17) is 32.4 Å². The summed E-state index contributed by atoms with van der Waals surface area (Å²) in [4.78, 5) is 95.4. The van der Waals surface area contributed by atoms with Gasteiger partial charge >= 0.3 is 0 Å². The molecule has 13 heterocycles. The summed E-state index contributed by atoms with van der Waals surface area (Å²) in [7, 11) is 3.32. The second kappa shape index (κ2) is 35.3. The van der Waals surface area contributed by atoms with Gasteiger partial charge in [0.15, 0.2) is 0 Å². The number of nitrogens with two attached hydrogens (primary N) is 4. The number of amides is 4. The monoisotopic (exact) mass is 1570 g/mol. The van der Waals surface area contributed by atoms with Gasteiger partial charge in [0.25, 0.3) is 0 Å². The van der Waals surface area contributed by atoms with E-state index < -0.39 is 23.3 Å². The van der Waals surface area contributed by atoms with Crippen molar-refractivity contribution in [2.45, 2.75) is 118 Å². The van der Waals surface area contributed by atoms with E-state index in [1.165, 1.54) is 23.1 Å². The Morgan fingerprint density at radius 3 is 1.23 bits per heavy atom. The first-order valence-corrected chi connectivity index (χ1v) is 37.3. The molecule has 4 amide bonds. The predicted molar refractivity (Wildman–Crippen MR) is 417 cm³/mol. The fraction of sp³-hybridized carbons (Fsp3) is 0.268. The summed E-state index contributed by atoms with van der Waals surface area (Å²) in [5.74, 6) is -2.12. The molecule has 16 rings (SSSR count). The number of thiophene rings is 1. The van der Waals surface area contributed by atoms with E-state index in [2.05, 4.69) is 63.1 Å². The lowest BCUT2D eigenvalue weighted by molar-refractivity contribution is -0.132. The van der Waals surface area contributed by atoms with Crippen LogP contribution in [0.2, 0.25) is 0 Å². The van der Waals surface area contributed by atoms with Crippen molar-refractivity contribution in [1.29, 1.82) is 0 Å². The Morgan fingerprint density at radius 1 is 0.430 bits per heavy atom. The van der Waals surface area contributed by atoms with Gasteiger partial charge in [0, 0.05) is 128 Å². The molecule has 586 valence electrons. The smallest absolute Gasteiger partial charge is 0.229 e. The zero-order valence-corrected chi connectivity index (χ0v) is 63.9. The third-order valence-corrected chi connectivity index (χ3v) is 20.4. The lowest BCUT2D eigenvalue weighted by atomic mass is 10.1. The molecule has 0 radical (unpaired) electrons. The minimum Gasteiger partial charge on any atom is -0.397 e. The largest absolute Gasteiger partial charge is 0.397 e. The van der Waals surface area contributed by atoms with Crippen molar-refractivity contribution in [3.05, 3.63) is 260 Å². The molecule has 12 aromatic rings. The van der Waals surface area contributed by atoms with Gasteiger partial charge in [-0.3, -0.25) is 43.5 Å². The second-order valence-corrected chi connectivity index (χ2v) is 28.8. The van der Waals surface area contributed by atoms with E-state index >= 15 is 0 Å². The number of rotatable bonds is 19. The average molecular weight is 1570 g/mol. The molecule has 0 unspecified atom stereocenters. The fourth-order valence-corrected chi connectivity index (χ4v) is 14.0. The van der Waals surface area contributed by atoms with Crippen molar-refractivity contribution in [3.63, 3.8) is 0 Å². The van der Waals surface area contributed by atoms with Crippen LogP contribution < -0.4 is 22.9 Å². The molecule has 0 saturated heterocycles. The molecule has 4 aliphatic rings. The molecule has 0 spiro atoms. The average Bonchev–Trinajstić information content (AvgIpc) is 1.39. The summed E-state index contributed by atoms with van der Waals surface area (Å²) in [6.45, 7) is 12.2. The molecule has 0 saturated carbocycles. The van der Waals surface area contributed by atoms with Crippen molar-refractivity contribution in [2.75, 3.05) is 50.4 Å². The molecule has 0 aliphatic carbocycles. The number of nitrogen functional groups attached to an aromatic ring is 4. The molecule has 0 fully saturated rings. The maximum atomic E-state index is 14.1. The Hall–Kier alpha value is -12.8. The standard InChI is InChI=1S/C21H19F2N5O.C21H22FN5O2.C20H17F2N5O.C20H23N5O2S/c1-2-20-25-9-12-10-28(11-19(12)27-20)21(29)8-18-16(24)5-6-17(26-18)14-4-3-13(22)7-15(14)23;1-29-9-8-27-12-14-11-26(13-20(14)25-27)21(28)10-19-17(23)6-7-18(24-19)15-4-2-3-5-16(15)22;1-11-24-8-12-9-27(10-19(12)25-11)20(28)7-18-16(23)4-5-17(26-18)14-3-2-13(21)6-15(14)22;1-13-3-6-19(28-13)16-5-4-15(21)17(22-16)9-20(26)24-10-14-11-25(7-8-27-2)23-18(14)12-24/h3-7,9H,2,8,10-11,24H2,1H3;2-7,12H,8-11,13,23H2,1H3;2-6,8H,7,9-10,23H2,1H3;3-6,11H,7-10,12,21H2,1-2H3. The maximum absolute atomic E-state index is 14.1. The Kier molecular flexibility index (Phi) is 24.5. The Bertz CT molecular complexity index is 5560. The highest BCUT2D eigenvalue weighted by molar-refractivity contribution is 7.15. The lowest BCUT2D eigenvalue weighted by Gasteiger charge is -2.16. The third kappa shape index (κ3) is 18.9. The molecule has 9 aromatic heterocycles. The van der Waals surface area contributed by atoms with E-state index in [-0.39, 0.29) is 66.3 Å². The molecule has 114 heavy (non-hydrogen) atoms. The number of carbonyl (C=O) groups excluding carboxylic acids is 4. The van der Waals surface area contributed by atoms with Crippen LogP contribution in [0, 0.1) is 42.9 Å². The first kappa shape index (κ1) is 79.3. The Balaban J connectivity index is 0.000000133. The summed E-state index contributed by atoms with van der Waals surface area (Å²) in [5, 5.41) is 9.06. The number of halogens is 5. The van der Waals surface area contributed by atoms with Crippen LogP contribution in [0.25, 0.3) is 44.3 Å². The summed E-state index contributed by atoms with van der Waals surface area (Å²) in [6, 6.07) is 30.4. The van der Waals surface area contributed by atoms with Crippen LogP contribution in [0.4, 0.5) is 44.7 Å². The third-order valence-electron chi connectivity index (χ3n) is 19.4. The number of carbonyl (C=O) groups is 4. The van der Waals surface area contributed by atoms with Crippen LogP contribution in [-0.4, -0.2) is 130 Å². The van der Waals surface area contributed by atoms with Crippen molar-refractivity contribution < 1.29 is 50.6 Å². The van der Waals surface area contributed by atoms with E-state index in [0.717, 1.165) is 92.1 Å². The zero-order chi connectivity index (χ0) is 80.4. The summed E-state index contributed by atoms with van der Waals surface area (Å²) >= 11 is 1.68. The molecule has 4 aliphatic heterocycles. The number of aryl methyl sites for hydroxylation is 3. The molecule has 0 bridgehead atoms. The van der Waals surface area contributed by atoms with E-state index in [1.54, 1.807) is 119 Å². The summed E-state index contributed by atoms with van der Waals surface area (Å²) in [5.41, 5.74) is 37.6. The molecule has 26 nitrogen and oxygen atoms in total. The van der Waals surface area contributed by atoms with Gasteiger partial charge in [-0.15, -0.1) is 11.3 Å². The van der Waals surface area contributed by atoms with Crippen molar-refractivity contribution >= 4 is 57.7 Å². The highest BCUT2D eigenvalue weighted by Crippen LogP contribution is 2.33. The predicted octanol–water partition coefficient (Wildman–Crippen LogP) is 10.9. The number of anilines is 4. The Morgan fingerprint density at radius 2 is 0.825 bits per heavy atom. The number of nitrogens with zero attached hydrogens (tertiary/aromatic N) is 16. The number of hydrogen-bond donors (Lipinski definition) is 4. The van der Waals surface area contributed by atoms with Gasteiger partial charge in [-0.25, -0.2) is 46.9 Å². The number of ether oxygens (including phenoxy) is 2. The minimum atomic E-state index is -0.724. The van der Waals surface area contributed by atoms with Gasteiger partial charge in [-0.05, 0) is 111 Å². The van der Waals surface area contributed by atoms with Crippen LogP contribution in [0.15, 0.2) is 146 Å². The topological polar surface area (TPSA) is 343 Å². The van der Waals surface area contributed by atoms with E-state index in [9.17, 15) is 41.1 Å².